The van der Waals surface area contributed by atoms with Crippen molar-refractivity contribution >= 4 is 44.6 Å². The van der Waals surface area contributed by atoms with Gasteiger partial charge in [0.25, 0.3) is 0 Å². The van der Waals surface area contributed by atoms with E-state index in [2.05, 4.69) is 53.2 Å². The molecule has 10 heteroatoms. The molecule has 1 N–H and O–H groups in total. The summed E-state index contributed by atoms with van der Waals surface area (Å²) in [5.41, 5.74) is 1.90. The molecule has 0 radical (unpaired) electrons. The summed E-state index contributed by atoms with van der Waals surface area (Å²) < 4.78 is 7.21. The predicted octanol–water partition coefficient (Wildman–Crippen LogP) is 4.04. The van der Waals surface area contributed by atoms with Crippen molar-refractivity contribution in [2.24, 2.45) is 17.3 Å². The van der Waals surface area contributed by atoms with E-state index in [4.69, 9.17) is 4.74 Å². The summed E-state index contributed by atoms with van der Waals surface area (Å²) in [5.74, 6) is 0.458. The molecular formula is C20H32N7O2S+. The van der Waals surface area contributed by atoms with Gasteiger partial charge in [-0.2, -0.15) is 0 Å². The van der Waals surface area contributed by atoms with Crippen LogP contribution in [0, 0.1) is 0 Å². The molecule has 0 aliphatic rings. The molecule has 1 heterocycles. The standard InChI is InChI=1S/C20H31N7O2S/c1-12(2)27(13(3)4)20-24-26(8)19(30-20)23-22-16-11-18(29-9)17(25(6)7)10-15(16)21-14(5)28/h10-13H,1-9H3/p+1. The van der Waals surface area contributed by atoms with Crippen molar-refractivity contribution in [3.8, 4) is 5.75 Å². The number of nitrogens with zero attached hydrogens (tertiary/aromatic N) is 6. The topological polar surface area (TPSA) is 86.3 Å². The Bertz CT molecular complexity index is 914. The fraction of sp³-hybridized carbons (Fsp3) is 0.550. The largest absolute Gasteiger partial charge is 0.494 e. The molecule has 164 valence electrons. The Morgan fingerprint density at radius 1 is 1.20 bits per heavy atom. The van der Waals surface area contributed by atoms with Crippen LogP contribution < -0.4 is 24.5 Å². The molecule has 0 saturated carbocycles. The fourth-order valence-corrected chi connectivity index (χ4v) is 4.21. The molecular weight excluding hydrogens is 402 g/mol. The van der Waals surface area contributed by atoms with E-state index in [1.807, 2.05) is 32.1 Å². The number of benzene rings is 1. The van der Waals surface area contributed by atoms with Gasteiger partial charge >= 0.3 is 5.13 Å². The van der Waals surface area contributed by atoms with E-state index in [9.17, 15) is 4.79 Å². The van der Waals surface area contributed by atoms with Gasteiger partial charge in [-0.25, -0.2) is 0 Å². The van der Waals surface area contributed by atoms with Crippen LogP contribution in [-0.4, -0.2) is 44.3 Å². The van der Waals surface area contributed by atoms with Gasteiger partial charge in [0.1, 0.15) is 18.5 Å². The molecule has 0 fully saturated rings. The van der Waals surface area contributed by atoms with Gasteiger partial charge in [0.15, 0.2) is 0 Å². The number of nitrogens with one attached hydrogen (secondary N) is 1. The van der Waals surface area contributed by atoms with Gasteiger partial charge in [0.2, 0.25) is 11.0 Å². The van der Waals surface area contributed by atoms with Gasteiger partial charge in [-0.1, -0.05) is 5.10 Å². The third-order valence-corrected chi connectivity index (χ3v) is 5.36. The minimum absolute atomic E-state index is 0.184. The maximum absolute atomic E-state index is 11.7. The number of azo groups is 1. The number of carbonyl (C=O) groups excluding carboxylic acids is 1. The molecule has 1 amide bonds. The van der Waals surface area contributed by atoms with Crippen LogP contribution in [0.2, 0.25) is 0 Å². The summed E-state index contributed by atoms with van der Waals surface area (Å²) in [4.78, 5) is 15.8. The second kappa shape index (κ2) is 9.84. The van der Waals surface area contributed by atoms with E-state index in [0.29, 0.717) is 34.3 Å². The number of hydrogen-bond donors (Lipinski definition) is 1. The second-order valence-electron chi connectivity index (χ2n) is 7.70. The maximum Gasteiger partial charge on any atom is 0.431 e. The van der Waals surface area contributed by atoms with Crippen molar-refractivity contribution in [3.63, 3.8) is 0 Å². The number of rotatable bonds is 8. The molecule has 9 nitrogen and oxygen atoms in total. The molecule has 30 heavy (non-hydrogen) atoms. The van der Waals surface area contributed by atoms with E-state index in [1.165, 1.54) is 18.3 Å². The van der Waals surface area contributed by atoms with E-state index in [-0.39, 0.29) is 5.91 Å². The average Bonchev–Trinajstić information content (AvgIpc) is 2.98. The zero-order chi connectivity index (χ0) is 22.6. The van der Waals surface area contributed by atoms with E-state index in [0.717, 1.165) is 10.8 Å². The number of carbonyl (C=O) groups is 1. The molecule has 2 rings (SSSR count). The second-order valence-corrected chi connectivity index (χ2v) is 8.64. The minimum Gasteiger partial charge on any atom is -0.494 e. The normalized spacial score (nSPS) is 11.4. The summed E-state index contributed by atoms with van der Waals surface area (Å²) in [7, 11) is 7.26. The highest BCUT2D eigenvalue weighted by Crippen LogP contribution is 2.39. The van der Waals surface area contributed by atoms with Gasteiger partial charge < -0.3 is 19.9 Å². The summed E-state index contributed by atoms with van der Waals surface area (Å²) in [6, 6.07) is 4.22. The van der Waals surface area contributed by atoms with Crippen molar-refractivity contribution in [2.75, 3.05) is 36.3 Å². The number of methoxy groups -OCH3 is 1. The quantitative estimate of drug-likeness (QED) is 0.501. The highest BCUT2D eigenvalue weighted by molar-refractivity contribution is 7.18. The lowest BCUT2D eigenvalue weighted by molar-refractivity contribution is -0.712. The Kier molecular flexibility index (Phi) is 7.71. The first kappa shape index (κ1) is 23.5. The Balaban J connectivity index is 2.47. The maximum atomic E-state index is 11.7. The number of hydrogen-bond acceptors (Lipinski definition) is 8. The first-order chi connectivity index (χ1) is 14.0. The minimum atomic E-state index is -0.184. The number of aromatic nitrogens is 2. The van der Waals surface area contributed by atoms with Gasteiger partial charge in [0, 0.05) is 39.2 Å². The Morgan fingerprint density at radius 2 is 1.83 bits per heavy atom. The van der Waals surface area contributed by atoms with E-state index < -0.39 is 0 Å². The summed E-state index contributed by atoms with van der Waals surface area (Å²) in [6.07, 6.45) is 0. The molecule has 0 bridgehead atoms. The van der Waals surface area contributed by atoms with Crippen LogP contribution >= 0.6 is 11.3 Å². The zero-order valence-corrected chi connectivity index (χ0v) is 20.0. The lowest BCUT2D eigenvalue weighted by atomic mass is 10.2. The van der Waals surface area contributed by atoms with Crippen molar-refractivity contribution < 1.29 is 14.2 Å². The number of anilines is 3. The van der Waals surface area contributed by atoms with Crippen LogP contribution in [0.3, 0.4) is 0 Å². The SMILES string of the molecule is COc1cc(N=Nc2sc(N(C(C)C)C(C)C)n[n+]2C)c(NC(C)=O)cc1N(C)C. The molecule has 1 aromatic heterocycles. The highest BCUT2D eigenvalue weighted by atomic mass is 32.1. The molecule has 0 atom stereocenters. The summed E-state index contributed by atoms with van der Waals surface area (Å²) in [5, 5.41) is 17.8. The average molecular weight is 435 g/mol. The van der Waals surface area contributed by atoms with Crippen LogP contribution in [0.4, 0.5) is 27.3 Å². The summed E-state index contributed by atoms with van der Waals surface area (Å²) in [6.45, 7) is 10.0. The number of aryl methyl sites for hydroxylation is 1. The van der Waals surface area contributed by atoms with Crippen LogP contribution in [-0.2, 0) is 11.8 Å². The molecule has 0 unspecified atom stereocenters. The van der Waals surface area contributed by atoms with Crippen LogP contribution in [0.1, 0.15) is 34.6 Å². The molecule has 0 aliphatic heterocycles. The van der Waals surface area contributed by atoms with E-state index >= 15 is 0 Å². The van der Waals surface area contributed by atoms with Crippen LogP contribution in [0.15, 0.2) is 22.4 Å². The highest BCUT2D eigenvalue weighted by Gasteiger charge is 2.24. The van der Waals surface area contributed by atoms with Crippen molar-refractivity contribution in [2.45, 2.75) is 46.7 Å². The molecule has 0 spiro atoms. The van der Waals surface area contributed by atoms with Crippen molar-refractivity contribution in [1.29, 1.82) is 0 Å². The zero-order valence-electron chi connectivity index (χ0n) is 19.2. The third-order valence-electron chi connectivity index (χ3n) is 4.36. The molecule has 0 saturated heterocycles. The van der Waals surface area contributed by atoms with Gasteiger partial charge in [-0.05, 0) is 50.2 Å². The van der Waals surface area contributed by atoms with E-state index in [1.54, 1.807) is 17.9 Å². The Hall–Kier alpha value is -2.75. The first-order valence-electron chi connectivity index (χ1n) is 9.79. The molecule has 1 aromatic carbocycles. The van der Waals surface area contributed by atoms with Gasteiger partial charge in [0.05, 0.1) is 23.6 Å². The first-order valence-corrected chi connectivity index (χ1v) is 10.6. The number of amides is 1. The number of ether oxygens (including phenoxy) is 1. The van der Waals surface area contributed by atoms with Gasteiger partial charge in [-0.15, -0.1) is 4.68 Å². The lowest BCUT2D eigenvalue weighted by Gasteiger charge is -2.28. The lowest BCUT2D eigenvalue weighted by Crippen LogP contribution is -2.39. The van der Waals surface area contributed by atoms with Crippen molar-refractivity contribution in [3.05, 3.63) is 12.1 Å². The van der Waals surface area contributed by atoms with Crippen LogP contribution in [0.25, 0.3) is 0 Å². The fourth-order valence-electron chi connectivity index (χ4n) is 3.11. The predicted molar refractivity (Wildman–Crippen MR) is 122 cm³/mol. The van der Waals surface area contributed by atoms with Crippen LogP contribution in [0.5, 0.6) is 5.75 Å². The van der Waals surface area contributed by atoms with Crippen molar-refractivity contribution in [1.82, 2.24) is 5.10 Å². The smallest absolute Gasteiger partial charge is 0.431 e. The molecule has 2 aromatic rings. The molecule has 0 aliphatic carbocycles. The third kappa shape index (κ3) is 5.44. The summed E-state index contributed by atoms with van der Waals surface area (Å²) >= 11 is 1.47. The Morgan fingerprint density at radius 3 is 2.33 bits per heavy atom. The van der Waals surface area contributed by atoms with Gasteiger partial charge in [-0.3, -0.25) is 4.79 Å². The Labute approximate surface area is 182 Å². The monoisotopic (exact) mass is 434 g/mol.